The van der Waals surface area contributed by atoms with E-state index in [1.165, 1.54) is 31.4 Å². The van der Waals surface area contributed by atoms with Crippen molar-refractivity contribution in [2.75, 3.05) is 32.8 Å². The lowest BCUT2D eigenvalue weighted by atomic mass is 9.54. The van der Waals surface area contributed by atoms with Gasteiger partial charge in [0.15, 0.2) is 5.96 Å². The van der Waals surface area contributed by atoms with Gasteiger partial charge in [-0.2, -0.15) is 0 Å². The number of aliphatic carboxylic acids is 1. The first-order chi connectivity index (χ1) is 18.8. The molecule has 4 aliphatic carbocycles. The van der Waals surface area contributed by atoms with Crippen molar-refractivity contribution in [3.05, 3.63) is 23.8 Å². The molecule has 1 aromatic rings. The number of hydrogen-bond donors (Lipinski definition) is 6. The van der Waals surface area contributed by atoms with E-state index in [2.05, 4.69) is 26.3 Å². The second-order valence-electron chi connectivity index (χ2n) is 11.2. The number of carboxylic acids is 1. The summed E-state index contributed by atoms with van der Waals surface area (Å²) in [5.74, 6) is 0.558. The molecular formula is C27H37N5O7. The summed E-state index contributed by atoms with van der Waals surface area (Å²) in [6.07, 6.45) is 6.32. The summed E-state index contributed by atoms with van der Waals surface area (Å²) in [6.45, 7) is 2.11. The lowest BCUT2D eigenvalue weighted by Crippen LogP contribution is -2.55. The van der Waals surface area contributed by atoms with Crippen molar-refractivity contribution in [2.24, 2.45) is 22.7 Å². The molecule has 1 aliphatic heterocycles. The van der Waals surface area contributed by atoms with E-state index in [4.69, 9.17) is 9.47 Å². The minimum absolute atomic E-state index is 0.0403. The first kappa shape index (κ1) is 26.9. The summed E-state index contributed by atoms with van der Waals surface area (Å²) in [6, 6.07) is 2.88. The van der Waals surface area contributed by atoms with Gasteiger partial charge in [0, 0.05) is 25.7 Å². The Morgan fingerprint density at radius 1 is 1.13 bits per heavy atom. The maximum absolute atomic E-state index is 12.7. The third kappa shape index (κ3) is 6.66. The molecule has 0 radical (unpaired) electrons. The van der Waals surface area contributed by atoms with Crippen LogP contribution < -0.4 is 26.0 Å². The normalized spacial score (nSPS) is 27.5. The van der Waals surface area contributed by atoms with Crippen LogP contribution in [0.4, 0.5) is 4.79 Å². The number of benzene rings is 1. The molecule has 4 fully saturated rings. The molecule has 212 valence electrons. The topological polar surface area (TPSA) is 171 Å². The third-order valence-electron chi connectivity index (χ3n) is 8.12. The molecule has 0 unspecified atom stereocenters. The SMILES string of the molecule is O=C(N[C@@H](CNC(=O)c1ccc(OCCNC2=NCCCN2)cc1O)C(=O)O)OC12CC3CC(CC(C3)C1)C2. The number of hydrogen-bond acceptors (Lipinski definition) is 9. The predicted molar refractivity (Wildman–Crippen MR) is 141 cm³/mol. The fourth-order valence-electron chi connectivity index (χ4n) is 6.80. The first-order valence-electron chi connectivity index (χ1n) is 13.8. The minimum Gasteiger partial charge on any atom is -0.507 e. The summed E-state index contributed by atoms with van der Waals surface area (Å²) >= 11 is 0. The van der Waals surface area contributed by atoms with Crippen molar-refractivity contribution in [2.45, 2.75) is 56.6 Å². The van der Waals surface area contributed by atoms with Crippen molar-refractivity contribution in [1.29, 1.82) is 0 Å². The molecule has 2 amide bonds. The van der Waals surface area contributed by atoms with Crippen molar-refractivity contribution < 1.29 is 34.1 Å². The largest absolute Gasteiger partial charge is 0.507 e. The molecule has 0 saturated heterocycles. The van der Waals surface area contributed by atoms with Gasteiger partial charge < -0.3 is 41.0 Å². The highest BCUT2D eigenvalue weighted by atomic mass is 16.6. The van der Waals surface area contributed by atoms with Gasteiger partial charge in [0.2, 0.25) is 0 Å². The highest BCUT2D eigenvalue weighted by molar-refractivity contribution is 5.97. The van der Waals surface area contributed by atoms with E-state index < -0.39 is 29.6 Å². The van der Waals surface area contributed by atoms with Crippen LogP contribution in [0.5, 0.6) is 11.5 Å². The average Bonchev–Trinajstić information content (AvgIpc) is 2.88. The number of carbonyl (C=O) groups is 3. The molecule has 6 rings (SSSR count). The van der Waals surface area contributed by atoms with Crippen molar-refractivity contribution in [3.63, 3.8) is 0 Å². The number of nitrogens with one attached hydrogen (secondary N) is 4. The summed E-state index contributed by atoms with van der Waals surface area (Å²) < 4.78 is 11.4. The van der Waals surface area contributed by atoms with Gasteiger partial charge in [-0.3, -0.25) is 9.79 Å². The quantitative estimate of drug-likeness (QED) is 0.240. The zero-order valence-corrected chi connectivity index (χ0v) is 21.9. The van der Waals surface area contributed by atoms with Gasteiger partial charge in [0.05, 0.1) is 12.1 Å². The highest BCUT2D eigenvalue weighted by Gasteiger charge is 2.53. The van der Waals surface area contributed by atoms with Crippen molar-refractivity contribution >= 4 is 23.9 Å². The second-order valence-corrected chi connectivity index (χ2v) is 11.2. The van der Waals surface area contributed by atoms with Crippen molar-refractivity contribution in [3.8, 4) is 11.5 Å². The Bertz CT molecular complexity index is 1090. The van der Waals surface area contributed by atoms with Crippen molar-refractivity contribution in [1.82, 2.24) is 21.3 Å². The standard InChI is InChI=1S/C27H37N5O7/c33-22-11-19(38-7-6-30-25-28-4-1-5-29-25)2-3-20(22)23(34)31-15-21(24(35)36)32-26(37)39-27-12-16-8-17(13-27)10-18(9-16)14-27/h2-3,11,16-18,21,33H,1,4-10,12-15H2,(H,31,34)(H,32,37)(H,35,36)(H2,28,29,30)/t16?,17?,18?,21-,27?/m0/s1. The summed E-state index contributed by atoms with van der Waals surface area (Å²) in [5, 5.41) is 31.1. The summed E-state index contributed by atoms with van der Waals surface area (Å²) in [7, 11) is 0. The highest BCUT2D eigenvalue weighted by Crippen LogP contribution is 2.57. The Morgan fingerprint density at radius 3 is 2.46 bits per heavy atom. The number of amides is 2. The maximum Gasteiger partial charge on any atom is 0.408 e. The van der Waals surface area contributed by atoms with Gasteiger partial charge >= 0.3 is 12.1 Å². The molecule has 4 bridgehead atoms. The number of phenolic OH excluding ortho intramolecular Hbond substituents is 1. The third-order valence-corrected chi connectivity index (χ3v) is 8.12. The number of aromatic hydroxyl groups is 1. The Kier molecular flexibility index (Phi) is 7.99. The number of nitrogens with zero attached hydrogens (tertiary/aromatic N) is 1. The maximum atomic E-state index is 12.7. The Morgan fingerprint density at radius 2 is 1.85 bits per heavy atom. The average molecular weight is 544 g/mol. The number of ether oxygens (including phenoxy) is 2. The smallest absolute Gasteiger partial charge is 0.408 e. The first-order valence-corrected chi connectivity index (χ1v) is 13.8. The molecule has 1 heterocycles. The van der Waals surface area contributed by atoms with Gasteiger partial charge in [0.25, 0.3) is 5.91 Å². The number of guanidine groups is 1. The van der Waals surface area contributed by atoms with E-state index in [0.29, 0.717) is 36.7 Å². The molecule has 0 spiro atoms. The second kappa shape index (κ2) is 11.6. The number of aliphatic imine (C=N–C) groups is 1. The fraction of sp³-hybridized carbons (Fsp3) is 0.630. The Labute approximate surface area is 226 Å². The lowest BCUT2D eigenvalue weighted by Gasteiger charge is -2.55. The van der Waals surface area contributed by atoms with E-state index in [-0.39, 0.29) is 17.9 Å². The zero-order valence-electron chi connectivity index (χ0n) is 21.9. The molecule has 39 heavy (non-hydrogen) atoms. The van der Waals surface area contributed by atoms with E-state index in [0.717, 1.165) is 44.7 Å². The molecule has 12 heteroatoms. The molecule has 6 N–H and O–H groups in total. The van der Waals surface area contributed by atoms with Gasteiger partial charge in [-0.15, -0.1) is 0 Å². The number of rotatable bonds is 10. The van der Waals surface area contributed by atoms with Crippen LogP contribution in [0.3, 0.4) is 0 Å². The minimum atomic E-state index is -1.38. The van der Waals surface area contributed by atoms with Crippen LogP contribution in [0.2, 0.25) is 0 Å². The molecule has 1 aromatic carbocycles. The number of alkyl carbamates (subject to hydrolysis) is 1. The molecule has 1 atom stereocenters. The number of carboxylic acid groups (broad SMARTS) is 1. The van der Waals surface area contributed by atoms with E-state index in [1.807, 2.05) is 0 Å². The van der Waals surface area contributed by atoms with Gasteiger partial charge in [-0.1, -0.05) is 0 Å². The van der Waals surface area contributed by atoms with Gasteiger partial charge in [0.1, 0.15) is 29.7 Å². The van der Waals surface area contributed by atoms with Crippen LogP contribution in [0.15, 0.2) is 23.2 Å². The van der Waals surface area contributed by atoms with Crippen LogP contribution in [-0.4, -0.2) is 78.6 Å². The van der Waals surface area contributed by atoms with Crippen LogP contribution in [-0.2, 0) is 9.53 Å². The summed E-state index contributed by atoms with van der Waals surface area (Å²) in [5.41, 5.74) is -0.543. The fourth-order valence-corrected chi connectivity index (χ4v) is 6.80. The van der Waals surface area contributed by atoms with Crippen LogP contribution in [0.1, 0.15) is 55.3 Å². The monoisotopic (exact) mass is 543 g/mol. The number of carbonyl (C=O) groups excluding carboxylic acids is 2. The lowest BCUT2D eigenvalue weighted by molar-refractivity contribution is -0.141. The van der Waals surface area contributed by atoms with Crippen LogP contribution in [0, 0.1) is 17.8 Å². The van der Waals surface area contributed by atoms with Gasteiger partial charge in [-0.25, -0.2) is 9.59 Å². The zero-order chi connectivity index (χ0) is 27.4. The van der Waals surface area contributed by atoms with Crippen LogP contribution in [0.25, 0.3) is 0 Å². The van der Waals surface area contributed by atoms with E-state index in [9.17, 15) is 24.6 Å². The molecule has 4 saturated carbocycles. The van der Waals surface area contributed by atoms with E-state index >= 15 is 0 Å². The van der Waals surface area contributed by atoms with Crippen LogP contribution >= 0.6 is 0 Å². The molecule has 12 nitrogen and oxygen atoms in total. The molecule has 0 aromatic heterocycles. The molecule has 5 aliphatic rings. The molecular weight excluding hydrogens is 506 g/mol. The van der Waals surface area contributed by atoms with E-state index in [1.54, 1.807) is 6.07 Å². The van der Waals surface area contributed by atoms with Gasteiger partial charge in [-0.05, 0) is 74.8 Å². The summed E-state index contributed by atoms with van der Waals surface area (Å²) in [4.78, 5) is 41.4. The number of phenols is 1. The Balaban J connectivity index is 1.08. The Hall–Kier alpha value is -3.70. The predicted octanol–water partition coefficient (Wildman–Crippen LogP) is 1.59.